The summed E-state index contributed by atoms with van der Waals surface area (Å²) >= 11 is 1.85. The molecule has 0 fully saturated rings. The first-order valence-electron chi connectivity index (χ1n) is 4.59. The van der Waals surface area contributed by atoms with Crippen LogP contribution < -0.4 is 0 Å². The van der Waals surface area contributed by atoms with Crippen LogP contribution in [0.1, 0.15) is 13.8 Å². The smallest absolute Gasteiger partial charge is 0.387 e. The number of carbonyl (C=O) groups excluding carboxylic acids is 1. The van der Waals surface area contributed by atoms with Crippen LogP contribution in [0.4, 0.5) is 0 Å². The van der Waals surface area contributed by atoms with E-state index in [0.717, 1.165) is 25.1 Å². The lowest BCUT2D eigenvalue weighted by Gasteiger charge is -2.24. The van der Waals surface area contributed by atoms with Crippen LogP contribution in [0.25, 0.3) is 0 Å². The van der Waals surface area contributed by atoms with Gasteiger partial charge in [-0.1, -0.05) is 0 Å². The van der Waals surface area contributed by atoms with Crippen LogP contribution in [0.2, 0.25) is 6.55 Å². The first-order valence-corrected chi connectivity index (χ1v) is 9.43. The van der Waals surface area contributed by atoms with Gasteiger partial charge in [0.15, 0.2) is 0 Å². The van der Waals surface area contributed by atoms with Gasteiger partial charge in [-0.15, -0.1) is 20.5 Å². The van der Waals surface area contributed by atoms with E-state index in [4.69, 9.17) is 13.6 Å². The summed E-state index contributed by atoms with van der Waals surface area (Å²) in [6, 6.07) is 0. The lowest BCUT2D eigenvalue weighted by atomic mass is 10.9. The molecule has 0 rings (SSSR count). The van der Waals surface area contributed by atoms with E-state index in [9.17, 15) is 0 Å². The van der Waals surface area contributed by atoms with Crippen LogP contribution in [0.3, 0.4) is 0 Å². The number of rotatable bonds is 7. The van der Waals surface area contributed by atoms with E-state index in [1.165, 1.54) is 0 Å². The SMILES string of the molecule is C=O.CCO[Si](C)(OCC)SCCP. The standard InChI is InChI=1S/C7H19O2PSSi.CH2O/c1-4-8-12(3,9-5-2)11-7-6-10;1-2/h4-7,10H2,1-3H3;1H2. The van der Waals surface area contributed by atoms with Crippen LogP contribution >= 0.6 is 20.5 Å². The molecule has 0 aromatic heterocycles. The van der Waals surface area contributed by atoms with Crippen molar-refractivity contribution in [3.8, 4) is 0 Å². The first kappa shape index (κ1) is 17.0. The van der Waals surface area contributed by atoms with Crippen molar-refractivity contribution in [2.24, 2.45) is 0 Å². The summed E-state index contributed by atoms with van der Waals surface area (Å²) < 4.78 is 11.3. The first-order chi connectivity index (χ1) is 6.68. The molecule has 0 saturated carbocycles. The average molecular weight is 256 g/mol. The number of hydrogen-bond acceptors (Lipinski definition) is 4. The van der Waals surface area contributed by atoms with Gasteiger partial charge in [0, 0.05) is 13.2 Å². The maximum absolute atomic E-state index is 8.00. The predicted molar refractivity (Wildman–Crippen MR) is 69.0 cm³/mol. The fourth-order valence-corrected chi connectivity index (χ4v) is 6.41. The summed E-state index contributed by atoms with van der Waals surface area (Å²) in [6.07, 6.45) is 1.10. The van der Waals surface area contributed by atoms with E-state index in [-0.39, 0.29) is 0 Å². The minimum absolute atomic E-state index is 0.757. The fourth-order valence-electron chi connectivity index (χ4n) is 0.894. The molecule has 0 saturated heterocycles. The normalized spacial score (nSPS) is 10.6. The number of carbonyl (C=O) groups is 1. The van der Waals surface area contributed by atoms with Gasteiger partial charge in [0.2, 0.25) is 0 Å². The molecule has 14 heavy (non-hydrogen) atoms. The Morgan fingerprint density at radius 1 is 1.29 bits per heavy atom. The fraction of sp³-hybridized carbons (Fsp3) is 0.875. The van der Waals surface area contributed by atoms with Gasteiger partial charge in [0.05, 0.1) is 0 Å². The molecule has 1 unspecified atom stereocenters. The molecule has 0 N–H and O–H groups in total. The molecule has 0 aliphatic heterocycles. The zero-order chi connectivity index (χ0) is 11.4. The highest BCUT2D eigenvalue weighted by atomic mass is 32.4. The molecule has 0 aromatic rings. The van der Waals surface area contributed by atoms with Gasteiger partial charge in [0.1, 0.15) is 6.79 Å². The zero-order valence-corrected chi connectivity index (χ0v) is 12.2. The number of hydrogen-bond donors (Lipinski definition) is 0. The van der Waals surface area contributed by atoms with Crippen LogP contribution in [0, 0.1) is 0 Å². The Balaban J connectivity index is 0. The third-order valence-electron chi connectivity index (χ3n) is 1.30. The Morgan fingerprint density at radius 2 is 1.71 bits per heavy atom. The average Bonchev–Trinajstić information content (AvgIpc) is 2.19. The maximum atomic E-state index is 8.00. The highest BCUT2D eigenvalue weighted by molar-refractivity contribution is 8.27. The van der Waals surface area contributed by atoms with Gasteiger partial charge in [-0.25, -0.2) is 0 Å². The Bertz CT molecular complexity index is 123. The van der Waals surface area contributed by atoms with E-state index in [1.54, 1.807) is 0 Å². The molecule has 6 heteroatoms. The predicted octanol–water partition coefficient (Wildman–Crippen LogP) is 2.05. The van der Waals surface area contributed by atoms with E-state index < -0.39 is 7.71 Å². The van der Waals surface area contributed by atoms with Gasteiger partial charge >= 0.3 is 7.71 Å². The molecule has 0 aromatic carbocycles. The van der Waals surface area contributed by atoms with Crippen molar-refractivity contribution >= 4 is 35.0 Å². The molecule has 0 aliphatic rings. The topological polar surface area (TPSA) is 35.5 Å². The second-order valence-corrected chi connectivity index (χ2v) is 9.03. The minimum atomic E-state index is -1.87. The van der Waals surface area contributed by atoms with Crippen molar-refractivity contribution in [2.75, 3.05) is 25.1 Å². The second kappa shape index (κ2) is 11.7. The van der Waals surface area contributed by atoms with Crippen LogP contribution in [0.15, 0.2) is 0 Å². The summed E-state index contributed by atoms with van der Waals surface area (Å²) in [5, 5.41) is 0. The van der Waals surface area contributed by atoms with E-state index in [1.807, 2.05) is 31.8 Å². The molecule has 0 bridgehead atoms. The monoisotopic (exact) mass is 256 g/mol. The summed E-state index contributed by atoms with van der Waals surface area (Å²) in [5.41, 5.74) is 0. The second-order valence-electron chi connectivity index (χ2n) is 2.37. The molecular weight excluding hydrogens is 235 g/mol. The molecule has 0 spiro atoms. The van der Waals surface area contributed by atoms with Gasteiger partial charge in [-0.05, 0) is 32.3 Å². The van der Waals surface area contributed by atoms with E-state index >= 15 is 0 Å². The Morgan fingerprint density at radius 3 is 2.00 bits per heavy atom. The third kappa shape index (κ3) is 9.15. The summed E-state index contributed by atoms with van der Waals surface area (Å²) in [7, 11) is 0.853. The molecular formula is C8H21O3PSSi. The van der Waals surface area contributed by atoms with Crippen molar-refractivity contribution in [3.63, 3.8) is 0 Å². The molecule has 86 valence electrons. The van der Waals surface area contributed by atoms with Crippen molar-refractivity contribution in [1.82, 2.24) is 0 Å². The minimum Gasteiger partial charge on any atom is -0.387 e. The van der Waals surface area contributed by atoms with Crippen LogP contribution in [-0.2, 0) is 13.6 Å². The van der Waals surface area contributed by atoms with Crippen molar-refractivity contribution in [3.05, 3.63) is 0 Å². The van der Waals surface area contributed by atoms with Gasteiger partial charge in [0.25, 0.3) is 0 Å². The molecule has 0 amide bonds. The van der Waals surface area contributed by atoms with Gasteiger partial charge in [-0.3, -0.25) is 0 Å². The molecule has 3 nitrogen and oxygen atoms in total. The highest BCUT2D eigenvalue weighted by Gasteiger charge is 2.31. The lowest BCUT2D eigenvalue weighted by molar-refractivity contribution is -0.0979. The molecule has 1 atom stereocenters. The maximum Gasteiger partial charge on any atom is 0.402 e. The van der Waals surface area contributed by atoms with Crippen molar-refractivity contribution < 1.29 is 13.6 Å². The third-order valence-corrected chi connectivity index (χ3v) is 7.49. The Labute approximate surface area is 94.4 Å². The van der Waals surface area contributed by atoms with Gasteiger partial charge in [-0.2, -0.15) is 0 Å². The van der Waals surface area contributed by atoms with E-state index in [2.05, 4.69) is 15.8 Å². The van der Waals surface area contributed by atoms with Crippen molar-refractivity contribution in [1.29, 1.82) is 0 Å². The largest absolute Gasteiger partial charge is 0.402 e. The van der Waals surface area contributed by atoms with Crippen molar-refractivity contribution in [2.45, 2.75) is 20.4 Å². The molecule has 0 heterocycles. The summed E-state index contributed by atoms with van der Waals surface area (Å²) in [6.45, 7) is 9.67. The molecule has 0 radical (unpaired) electrons. The summed E-state index contributed by atoms with van der Waals surface area (Å²) in [4.78, 5) is 8.00. The van der Waals surface area contributed by atoms with Gasteiger partial charge < -0.3 is 13.6 Å². The Hall–Kier alpha value is 0.587. The van der Waals surface area contributed by atoms with Crippen LogP contribution in [-0.4, -0.2) is 39.6 Å². The lowest BCUT2D eigenvalue weighted by Crippen LogP contribution is -2.35. The summed E-state index contributed by atoms with van der Waals surface area (Å²) in [5.74, 6) is 1.10. The molecule has 0 aliphatic carbocycles. The Kier molecular flexibility index (Phi) is 14.2. The quantitative estimate of drug-likeness (QED) is 0.516. The zero-order valence-electron chi connectivity index (χ0n) is 9.25. The van der Waals surface area contributed by atoms with E-state index in [0.29, 0.717) is 0 Å². The van der Waals surface area contributed by atoms with Crippen LogP contribution in [0.5, 0.6) is 0 Å². The highest BCUT2D eigenvalue weighted by Crippen LogP contribution is 2.23.